The molecular weight excluding hydrogens is 418 g/mol. The molecule has 0 fully saturated rings. The summed E-state index contributed by atoms with van der Waals surface area (Å²) in [6.45, 7) is 12.5. The minimum absolute atomic E-state index is 0.778. The van der Waals surface area contributed by atoms with Gasteiger partial charge in [0.2, 0.25) is 0 Å². The number of hydrogen-bond acceptors (Lipinski definition) is 5. The zero-order valence-electron chi connectivity index (χ0n) is 14.6. The van der Waals surface area contributed by atoms with E-state index < -0.39 is 31.1 Å². The Hall–Kier alpha value is -0.640. The fourth-order valence-corrected chi connectivity index (χ4v) is 3.35. The molecule has 7 nitrogen and oxygen atoms in total. The lowest BCUT2D eigenvalue weighted by atomic mass is 10.3. The summed E-state index contributed by atoms with van der Waals surface area (Å²) in [5.74, 6) is 0. The second-order valence-corrected chi connectivity index (χ2v) is 8.35. The highest BCUT2D eigenvalue weighted by Gasteiger charge is 2.46. The Bertz CT molecular complexity index is 562. The van der Waals surface area contributed by atoms with Crippen molar-refractivity contribution in [3.8, 4) is 0 Å². The van der Waals surface area contributed by atoms with Crippen molar-refractivity contribution < 1.29 is 52.4 Å². The Labute approximate surface area is 149 Å². The van der Waals surface area contributed by atoms with Crippen molar-refractivity contribution in [2.24, 2.45) is 0 Å². The third-order valence-corrected chi connectivity index (χ3v) is 6.30. The van der Waals surface area contributed by atoms with Crippen molar-refractivity contribution in [1.82, 2.24) is 0 Å². The summed E-state index contributed by atoms with van der Waals surface area (Å²) in [6, 6.07) is 0. The SMILES string of the molecule is CC[N+](CC)(CC)CCOC.O=S(=O)([N-]S(=O)(=O)C(F)(F)F)C(F)(F)F. The second kappa shape index (κ2) is 10.1. The van der Waals surface area contributed by atoms with E-state index >= 15 is 0 Å². The number of methoxy groups -OCH3 is 1. The molecule has 0 atom stereocenters. The van der Waals surface area contributed by atoms with Crippen LogP contribution in [0.5, 0.6) is 0 Å². The highest BCUT2D eigenvalue weighted by atomic mass is 32.3. The van der Waals surface area contributed by atoms with Crippen LogP contribution >= 0.6 is 0 Å². The summed E-state index contributed by atoms with van der Waals surface area (Å²) in [7, 11) is -11.7. The first-order chi connectivity index (χ1) is 11.4. The van der Waals surface area contributed by atoms with Gasteiger partial charge in [-0.15, -0.1) is 0 Å². The maximum atomic E-state index is 11.4. The van der Waals surface area contributed by atoms with Crippen molar-refractivity contribution in [3.05, 3.63) is 4.13 Å². The number of alkyl halides is 6. The van der Waals surface area contributed by atoms with Gasteiger partial charge in [-0.05, 0) is 20.8 Å². The van der Waals surface area contributed by atoms with E-state index in [4.69, 9.17) is 4.74 Å². The van der Waals surface area contributed by atoms with Crippen molar-refractivity contribution in [3.63, 3.8) is 0 Å². The summed E-state index contributed by atoms with van der Waals surface area (Å²) in [5, 5.41) is 0. The highest BCUT2D eigenvalue weighted by molar-refractivity contribution is 8.13. The Morgan fingerprint density at radius 3 is 1.31 bits per heavy atom. The molecule has 0 aromatic heterocycles. The van der Waals surface area contributed by atoms with E-state index in [0.717, 1.165) is 17.3 Å². The number of sulfonamides is 2. The van der Waals surface area contributed by atoms with Gasteiger partial charge in [-0.1, -0.05) is 0 Å². The van der Waals surface area contributed by atoms with Crippen LogP contribution in [0.1, 0.15) is 20.8 Å². The van der Waals surface area contributed by atoms with Crippen LogP contribution in [0.15, 0.2) is 0 Å². The molecule has 0 saturated carbocycles. The van der Waals surface area contributed by atoms with Crippen molar-refractivity contribution >= 4 is 20.0 Å². The van der Waals surface area contributed by atoms with Gasteiger partial charge in [0.15, 0.2) is 20.0 Å². The number of quaternary nitrogens is 1. The molecule has 160 valence electrons. The zero-order chi connectivity index (χ0) is 21.4. The molecule has 0 N–H and O–H groups in total. The number of likely N-dealkylation sites (N-methyl/N-ethyl adjacent to an activating group) is 1. The van der Waals surface area contributed by atoms with Crippen LogP contribution < -0.4 is 0 Å². The molecule has 0 amide bonds. The van der Waals surface area contributed by atoms with Crippen LogP contribution in [-0.4, -0.2) is 72.2 Å². The quantitative estimate of drug-likeness (QED) is 0.427. The Morgan fingerprint density at radius 1 is 0.808 bits per heavy atom. The van der Waals surface area contributed by atoms with Gasteiger partial charge >= 0.3 is 11.0 Å². The molecule has 26 heavy (non-hydrogen) atoms. The summed E-state index contributed by atoms with van der Waals surface area (Å²) in [6.07, 6.45) is 0. The molecule has 0 bridgehead atoms. The van der Waals surface area contributed by atoms with Gasteiger partial charge in [-0.25, -0.2) is 16.8 Å². The van der Waals surface area contributed by atoms with Crippen molar-refractivity contribution in [2.45, 2.75) is 31.8 Å². The van der Waals surface area contributed by atoms with E-state index in [2.05, 4.69) is 20.8 Å². The number of rotatable bonds is 8. The monoisotopic (exact) mass is 440 g/mol. The van der Waals surface area contributed by atoms with Crippen LogP contribution in [0, 0.1) is 0 Å². The first-order valence-corrected chi connectivity index (χ1v) is 10.0. The molecule has 0 aromatic rings. The predicted molar refractivity (Wildman–Crippen MR) is 81.9 cm³/mol. The molecule has 0 spiro atoms. The standard InChI is InChI=1S/C9H22NO.C2F6NO4S2/c1-5-10(6-2,7-3)8-9-11-4;3-1(4,5)14(10,11)9-15(12,13)2(6,7)8/h5-9H2,1-4H3;/q+1;-1. The molecule has 0 aliphatic heterocycles. The van der Waals surface area contributed by atoms with E-state index in [9.17, 15) is 43.2 Å². The van der Waals surface area contributed by atoms with Crippen LogP contribution in [0.25, 0.3) is 4.13 Å². The molecular formula is C11H22F6N2O5S2. The molecule has 0 unspecified atom stereocenters. The molecule has 15 heteroatoms. The molecule has 0 saturated heterocycles. The van der Waals surface area contributed by atoms with Crippen LogP contribution in [0.2, 0.25) is 0 Å². The average Bonchev–Trinajstić information content (AvgIpc) is 2.47. The van der Waals surface area contributed by atoms with Gasteiger partial charge in [0, 0.05) is 7.11 Å². The maximum Gasteiger partial charge on any atom is 0.480 e. The third-order valence-electron chi connectivity index (χ3n) is 3.56. The van der Waals surface area contributed by atoms with Gasteiger partial charge in [0.1, 0.15) is 6.54 Å². The summed E-state index contributed by atoms with van der Waals surface area (Å²) >= 11 is 0. The fourth-order valence-electron chi connectivity index (χ4n) is 1.64. The topological polar surface area (TPSA) is 91.6 Å². The lowest BCUT2D eigenvalue weighted by Gasteiger charge is -2.35. The predicted octanol–water partition coefficient (Wildman–Crippen LogP) is 2.57. The second-order valence-electron chi connectivity index (χ2n) is 4.92. The lowest BCUT2D eigenvalue weighted by Crippen LogP contribution is -2.49. The molecule has 0 radical (unpaired) electrons. The molecule has 0 aliphatic rings. The minimum Gasteiger partial charge on any atom is -0.421 e. The number of nitrogens with zero attached hydrogens (tertiary/aromatic N) is 2. The van der Waals surface area contributed by atoms with Gasteiger partial charge < -0.3 is 13.3 Å². The fraction of sp³-hybridized carbons (Fsp3) is 1.00. The number of hydrogen-bond donors (Lipinski definition) is 0. The first-order valence-electron chi connectivity index (χ1n) is 7.16. The number of halogens is 6. The number of ether oxygens (including phenoxy) is 1. The van der Waals surface area contributed by atoms with Crippen LogP contribution in [0.4, 0.5) is 26.3 Å². The van der Waals surface area contributed by atoms with E-state index in [1.807, 2.05) is 0 Å². The summed E-state index contributed by atoms with van der Waals surface area (Å²) in [5.41, 5.74) is -12.4. The Kier molecular flexibility index (Phi) is 10.7. The van der Waals surface area contributed by atoms with Crippen LogP contribution in [0.3, 0.4) is 0 Å². The van der Waals surface area contributed by atoms with Crippen molar-refractivity contribution in [2.75, 3.05) is 39.9 Å². The Balaban J connectivity index is 0. The smallest absolute Gasteiger partial charge is 0.421 e. The third kappa shape index (κ3) is 8.37. The van der Waals surface area contributed by atoms with Gasteiger partial charge in [-0.3, -0.25) is 0 Å². The van der Waals surface area contributed by atoms with E-state index in [0.29, 0.717) is 0 Å². The van der Waals surface area contributed by atoms with Gasteiger partial charge in [0.05, 0.1) is 26.2 Å². The maximum absolute atomic E-state index is 11.4. The molecule has 0 aliphatic carbocycles. The van der Waals surface area contributed by atoms with Crippen LogP contribution in [-0.2, 0) is 24.8 Å². The van der Waals surface area contributed by atoms with Crippen molar-refractivity contribution in [1.29, 1.82) is 0 Å². The summed E-state index contributed by atoms with van der Waals surface area (Å²) < 4.78 is 115. The lowest BCUT2D eigenvalue weighted by molar-refractivity contribution is -0.923. The minimum atomic E-state index is -6.72. The zero-order valence-corrected chi connectivity index (χ0v) is 16.2. The molecule has 0 rings (SSSR count). The van der Waals surface area contributed by atoms with E-state index in [1.165, 1.54) is 24.1 Å². The van der Waals surface area contributed by atoms with Gasteiger partial charge in [0.25, 0.3) is 0 Å². The molecule has 0 heterocycles. The van der Waals surface area contributed by atoms with E-state index in [1.54, 1.807) is 7.11 Å². The average molecular weight is 440 g/mol. The summed E-state index contributed by atoms with van der Waals surface area (Å²) in [4.78, 5) is 0. The normalized spacial score (nSPS) is 13.9. The molecule has 0 aromatic carbocycles. The van der Waals surface area contributed by atoms with E-state index in [-0.39, 0.29) is 0 Å². The first kappa shape index (κ1) is 27.6. The Morgan fingerprint density at radius 2 is 1.12 bits per heavy atom. The highest BCUT2D eigenvalue weighted by Crippen LogP contribution is 2.36. The van der Waals surface area contributed by atoms with Gasteiger partial charge in [-0.2, -0.15) is 26.3 Å². The largest absolute Gasteiger partial charge is 0.480 e.